The molecule has 0 rings (SSSR count). The number of rotatable bonds is 2. The Morgan fingerprint density at radius 1 is 2.00 bits per heavy atom. The number of aliphatic carboxylic acids is 1. The molecule has 0 heterocycles. The average molecular weight is 114 g/mol. The van der Waals surface area contributed by atoms with E-state index < -0.39 is 12.0 Å². The zero-order valence-corrected chi connectivity index (χ0v) is 4.38. The molecule has 2 N–H and O–H groups in total. The van der Waals surface area contributed by atoms with Crippen molar-refractivity contribution in [3.05, 3.63) is 0 Å². The monoisotopic (exact) mass is 114 g/mol. The van der Waals surface area contributed by atoms with Crippen molar-refractivity contribution in [3.63, 3.8) is 0 Å². The van der Waals surface area contributed by atoms with Gasteiger partial charge in [-0.05, 0) is 6.92 Å². The van der Waals surface area contributed by atoms with Gasteiger partial charge < -0.3 is 10.4 Å². The van der Waals surface area contributed by atoms with Crippen LogP contribution in [0.5, 0.6) is 0 Å². The van der Waals surface area contributed by atoms with Crippen molar-refractivity contribution in [2.24, 2.45) is 0 Å². The standard InChI is InChI=1S/C4H6N2O2/c1-3(4(7)8)6-2-5/h3,6H,1H3,(H,7,8)/t3-/m0/s1. The molecule has 0 aromatic heterocycles. The van der Waals surface area contributed by atoms with Gasteiger partial charge in [0.05, 0.1) is 0 Å². The molecule has 0 spiro atoms. The molecule has 8 heavy (non-hydrogen) atoms. The number of nitriles is 1. The summed E-state index contributed by atoms with van der Waals surface area (Å²) in [6.45, 7) is 1.39. The van der Waals surface area contributed by atoms with Crippen molar-refractivity contribution in [3.8, 4) is 6.19 Å². The first-order chi connectivity index (χ1) is 3.68. The molecule has 0 aliphatic rings. The van der Waals surface area contributed by atoms with Crippen molar-refractivity contribution in [2.45, 2.75) is 13.0 Å². The van der Waals surface area contributed by atoms with Crippen LogP contribution in [0.15, 0.2) is 0 Å². The molecule has 0 radical (unpaired) electrons. The second-order valence-corrected chi connectivity index (χ2v) is 1.32. The molecule has 0 fully saturated rings. The molecular weight excluding hydrogens is 108 g/mol. The molecule has 4 nitrogen and oxygen atoms in total. The second-order valence-electron chi connectivity index (χ2n) is 1.32. The molecule has 0 amide bonds. The molecular formula is C4H6N2O2. The van der Waals surface area contributed by atoms with Crippen molar-refractivity contribution < 1.29 is 9.90 Å². The average Bonchev–Trinajstić information content (AvgIpc) is 1.67. The van der Waals surface area contributed by atoms with Gasteiger partial charge in [0.1, 0.15) is 6.04 Å². The number of hydrogen-bond acceptors (Lipinski definition) is 3. The van der Waals surface area contributed by atoms with Crippen LogP contribution in [0, 0.1) is 11.5 Å². The predicted molar refractivity (Wildman–Crippen MR) is 25.8 cm³/mol. The Bertz CT molecular complexity index is 126. The van der Waals surface area contributed by atoms with Crippen LogP contribution in [0.25, 0.3) is 0 Å². The SMILES string of the molecule is C[C@H](NC#N)C(=O)O. The van der Waals surface area contributed by atoms with E-state index in [-0.39, 0.29) is 0 Å². The van der Waals surface area contributed by atoms with Gasteiger partial charge in [0.25, 0.3) is 0 Å². The van der Waals surface area contributed by atoms with Crippen LogP contribution in [-0.2, 0) is 4.79 Å². The lowest BCUT2D eigenvalue weighted by Gasteiger charge is -1.98. The van der Waals surface area contributed by atoms with Crippen molar-refractivity contribution in [1.29, 1.82) is 5.26 Å². The third-order valence-electron chi connectivity index (χ3n) is 0.651. The molecule has 4 heteroatoms. The van der Waals surface area contributed by atoms with Gasteiger partial charge in [-0.2, -0.15) is 5.26 Å². The van der Waals surface area contributed by atoms with E-state index in [1.165, 1.54) is 13.1 Å². The Labute approximate surface area is 46.7 Å². The maximum absolute atomic E-state index is 9.88. The van der Waals surface area contributed by atoms with Crippen LogP contribution in [0.2, 0.25) is 0 Å². The first-order valence-corrected chi connectivity index (χ1v) is 2.06. The maximum Gasteiger partial charge on any atom is 0.326 e. The first kappa shape index (κ1) is 6.76. The van der Waals surface area contributed by atoms with Gasteiger partial charge >= 0.3 is 5.97 Å². The summed E-state index contributed by atoms with van der Waals surface area (Å²) >= 11 is 0. The Morgan fingerprint density at radius 3 is 2.62 bits per heavy atom. The van der Waals surface area contributed by atoms with Gasteiger partial charge in [0, 0.05) is 0 Å². The predicted octanol–water partition coefficient (Wildman–Crippen LogP) is -0.470. The molecule has 1 atom stereocenters. The number of carbonyl (C=O) groups is 1. The van der Waals surface area contributed by atoms with Crippen LogP contribution >= 0.6 is 0 Å². The minimum Gasteiger partial charge on any atom is -0.480 e. The van der Waals surface area contributed by atoms with Gasteiger partial charge in [0.15, 0.2) is 6.19 Å². The lowest BCUT2D eigenvalue weighted by atomic mass is 10.4. The van der Waals surface area contributed by atoms with Gasteiger partial charge in [-0.15, -0.1) is 0 Å². The first-order valence-electron chi connectivity index (χ1n) is 2.06. The molecule has 44 valence electrons. The number of nitrogens with one attached hydrogen (secondary N) is 1. The highest BCUT2D eigenvalue weighted by Gasteiger charge is 2.06. The highest BCUT2D eigenvalue weighted by atomic mass is 16.4. The Hall–Kier alpha value is -1.24. The highest BCUT2D eigenvalue weighted by Crippen LogP contribution is 1.75. The smallest absolute Gasteiger partial charge is 0.326 e. The number of hydrogen-bond donors (Lipinski definition) is 2. The third kappa shape index (κ3) is 2.03. The lowest BCUT2D eigenvalue weighted by Crippen LogP contribution is -2.29. The lowest BCUT2D eigenvalue weighted by molar-refractivity contribution is -0.138. The van der Waals surface area contributed by atoms with Crippen molar-refractivity contribution >= 4 is 5.97 Å². The highest BCUT2D eigenvalue weighted by molar-refractivity contribution is 5.73. The molecule has 0 saturated heterocycles. The normalized spacial score (nSPS) is 11.5. The minimum absolute atomic E-state index is 0.778. The molecule has 0 saturated carbocycles. The summed E-state index contributed by atoms with van der Waals surface area (Å²) in [5.41, 5.74) is 0. The summed E-state index contributed by atoms with van der Waals surface area (Å²) in [6.07, 6.45) is 1.52. The fourth-order valence-corrected chi connectivity index (χ4v) is 0.159. The quantitative estimate of drug-likeness (QED) is 0.376. The summed E-state index contributed by atoms with van der Waals surface area (Å²) in [5, 5.41) is 18.0. The molecule has 0 aromatic carbocycles. The molecule has 0 aliphatic carbocycles. The Morgan fingerprint density at radius 2 is 2.50 bits per heavy atom. The summed E-state index contributed by atoms with van der Waals surface area (Å²) in [7, 11) is 0. The second kappa shape index (κ2) is 2.86. The van der Waals surface area contributed by atoms with E-state index >= 15 is 0 Å². The molecule has 0 unspecified atom stereocenters. The largest absolute Gasteiger partial charge is 0.480 e. The van der Waals surface area contributed by atoms with Crippen LogP contribution < -0.4 is 5.32 Å². The van der Waals surface area contributed by atoms with Crippen LogP contribution in [0.3, 0.4) is 0 Å². The van der Waals surface area contributed by atoms with Gasteiger partial charge in [-0.3, -0.25) is 0 Å². The topological polar surface area (TPSA) is 73.1 Å². The maximum atomic E-state index is 9.88. The fraction of sp³-hybridized carbons (Fsp3) is 0.500. The number of nitrogens with zero attached hydrogens (tertiary/aromatic N) is 1. The van der Waals surface area contributed by atoms with Gasteiger partial charge in [0.2, 0.25) is 0 Å². The fourth-order valence-electron chi connectivity index (χ4n) is 0.159. The Balaban J connectivity index is 3.52. The van der Waals surface area contributed by atoms with Gasteiger partial charge in [-0.1, -0.05) is 0 Å². The molecule has 0 bridgehead atoms. The third-order valence-corrected chi connectivity index (χ3v) is 0.651. The zero-order valence-electron chi connectivity index (χ0n) is 4.38. The van der Waals surface area contributed by atoms with E-state index in [9.17, 15) is 4.79 Å². The van der Waals surface area contributed by atoms with E-state index in [1.807, 2.05) is 0 Å². The zero-order chi connectivity index (χ0) is 6.57. The summed E-state index contributed by atoms with van der Waals surface area (Å²) in [5.74, 6) is -1.02. The van der Waals surface area contributed by atoms with Crippen LogP contribution in [0.1, 0.15) is 6.92 Å². The minimum atomic E-state index is -1.02. The summed E-state index contributed by atoms with van der Waals surface area (Å²) in [4.78, 5) is 9.88. The molecule has 0 aromatic rings. The Kier molecular flexibility index (Phi) is 2.41. The van der Waals surface area contributed by atoms with E-state index in [1.54, 1.807) is 0 Å². The van der Waals surface area contributed by atoms with Crippen molar-refractivity contribution in [2.75, 3.05) is 0 Å². The summed E-state index contributed by atoms with van der Waals surface area (Å²) < 4.78 is 0. The van der Waals surface area contributed by atoms with E-state index in [2.05, 4.69) is 5.32 Å². The van der Waals surface area contributed by atoms with Gasteiger partial charge in [-0.25, -0.2) is 4.79 Å². The number of carboxylic acids is 1. The van der Waals surface area contributed by atoms with Crippen molar-refractivity contribution in [1.82, 2.24) is 5.32 Å². The van der Waals surface area contributed by atoms with Crippen LogP contribution in [0.4, 0.5) is 0 Å². The molecule has 0 aliphatic heterocycles. The summed E-state index contributed by atoms with van der Waals surface area (Å²) in [6, 6.07) is -0.778. The van der Waals surface area contributed by atoms with Crippen LogP contribution in [-0.4, -0.2) is 17.1 Å². The van der Waals surface area contributed by atoms with E-state index in [0.29, 0.717) is 0 Å². The van der Waals surface area contributed by atoms with E-state index in [4.69, 9.17) is 10.4 Å². The van der Waals surface area contributed by atoms with E-state index in [0.717, 1.165) is 0 Å². The number of carboxylic acid groups (broad SMARTS) is 1.